The Morgan fingerprint density at radius 3 is 2.60 bits per heavy atom. The monoisotopic (exact) mass is 342 g/mol. The Kier molecular flexibility index (Phi) is 6.28. The zero-order chi connectivity index (χ0) is 18.4. The SMILES string of the molecule is COCCN(Cc1cccc(C#N)c1)Cc1cc(=O)n(C)c(=O)n1C. The van der Waals surface area contributed by atoms with E-state index in [2.05, 4.69) is 11.0 Å². The largest absolute Gasteiger partial charge is 0.383 e. The normalized spacial score (nSPS) is 10.8. The molecular weight excluding hydrogens is 320 g/mol. The summed E-state index contributed by atoms with van der Waals surface area (Å²) in [6, 6.07) is 11.0. The van der Waals surface area contributed by atoms with Gasteiger partial charge in [-0.2, -0.15) is 5.26 Å². The van der Waals surface area contributed by atoms with Crippen LogP contribution in [0.25, 0.3) is 0 Å². The molecule has 0 amide bonds. The molecule has 7 nitrogen and oxygen atoms in total. The number of nitrogens with zero attached hydrogens (tertiary/aromatic N) is 4. The minimum Gasteiger partial charge on any atom is -0.383 e. The maximum absolute atomic E-state index is 12.1. The molecule has 25 heavy (non-hydrogen) atoms. The molecule has 132 valence electrons. The Hall–Kier alpha value is -2.69. The summed E-state index contributed by atoms with van der Waals surface area (Å²) >= 11 is 0. The summed E-state index contributed by atoms with van der Waals surface area (Å²) in [5.74, 6) is 0. The Labute approximate surface area is 146 Å². The van der Waals surface area contributed by atoms with Gasteiger partial charge in [0.15, 0.2) is 0 Å². The van der Waals surface area contributed by atoms with Gasteiger partial charge in [-0.05, 0) is 17.7 Å². The maximum Gasteiger partial charge on any atom is 0.330 e. The van der Waals surface area contributed by atoms with E-state index in [0.717, 1.165) is 10.1 Å². The Morgan fingerprint density at radius 1 is 1.16 bits per heavy atom. The standard InChI is InChI=1S/C18H22N4O3/c1-20-16(10-17(23)21(2)18(20)24)13-22(7-8-25-3)12-15-6-4-5-14(9-15)11-19/h4-6,9-10H,7-8,12-13H2,1-3H3. The van der Waals surface area contributed by atoms with Gasteiger partial charge in [0.05, 0.1) is 18.2 Å². The zero-order valence-corrected chi connectivity index (χ0v) is 14.7. The third-order valence-corrected chi connectivity index (χ3v) is 4.08. The number of hydrogen-bond donors (Lipinski definition) is 0. The number of benzene rings is 1. The fourth-order valence-corrected chi connectivity index (χ4v) is 2.59. The van der Waals surface area contributed by atoms with E-state index in [0.29, 0.717) is 37.5 Å². The number of aromatic nitrogens is 2. The van der Waals surface area contributed by atoms with Crippen molar-refractivity contribution in [1.82, 2.24) is 14.0 Å². The van der Waals surface area contributed by atoms with Gasteiger partial charge < -0.3 is 4.74 Å². The van der Waals surface area contributed by atoms with Crippen LogP contribution in [0.1, 0.15) is 16.8 Å². The summed E-state index contributed by atoms with van der Waals surface area (Å²) in [7, 11) is 4.74. The van der Waals surface area contributed by atoms with Crippen molar-refractivity contribution in [3.8, 4) is 6.07 Å². The fourth-order valence-electron chi connectivity index (χ4n) is 2.59. The van der Waals surface area contributed by atoms with Gasteiger partial charge in [-0.25, -0.2) is 4.79 Å². The molecule has 0 aliphatic rings. The van der Waals surface area contributed by atoms with E-state index >= 15 is 0 Å². The summed E-state index contributed by atoms with van der Waals surface area (Å²) < 4.78 is 7.72. The van der Waals surface area contributed by atoms with Crippen molar-refractivity contribution in [1.29, 1.82) is 5.26 Å². The van der Waals surface area contributed by atoms with Crippen LogP contribution in [0.15, 0.2) is 39.9 Å². The molecule has 0 spiro atoms. The summed E-state index contributed by atoms with van der Waals surface area (Å²) in [6.07, 6.45) is 0. The number of hydrogen-bond acceptors (Lipinski definition) is 5. The first-order valence-corrected chi connectivity index (χ1v) is 7.92. The number of methoxy groups -OCH3 is 1. The number of nitriles is 1. The predicted molar refractivity (Wildman–Crippen MR) is 94.1 cm³/mol. The van der Waals surface area contributed by atoms with Gasteiger partial charge in [-0.1, -0.05) is 12.1 Å². The smallest absolute Gasteiger partial charge is 0.330 e. The number of rotatable bonds is 7. The first-order valence-electron chi connectivity index (χ1n) is 7.92. The molecule has 0 atom stereocenters. The molecule has 1 aromatic carbocycles. The van der Waals surface area contributed by atoms with E-state index in [1.165, 1.54) is 17.7 Å². The molecule has 0 saturated carbocycles. The fraction of sp³-hybridized carbons (Fsp3) is 0.389. The highest BCUT2D eigenvalue weighted by Gasteiger charge is 2.12. The summed E-state index contributed by atoms with van der Waals surface area (Å²) in [5.41, 5.74) is 1.56. The molecule has 0 aliphatic heterocycles. The molecule has 1 heterocycles. The lowest BCUT2D eigenvalue weighted by atomic mass is 10.1. The van der Waals surface area contributed by atoms with Crippen LogP contribution in [-0.2, 0) is 31.9 Å². The van der Waals surface area contributed by atoms with Gasteiger partial charge in [0.2, 0.25) is 0 Å². The Balaban J connectivity index is 2.28. The topological polar surface area (TPSA) is 80.3 Å². The van der Waals surface area contributed by atoms with Crippen LogP contribution in [0.4, 0.5) is 0 Å². The minimum absolute atomic E-state index is 0.323. The molecule has 0 bridgehead atoms. The molecule has 7 heteroatoms. The van der Waals surface area contributed by atoms with E-state index in [1.807, 2.05) is 18.2 Å². The lowest BCUT2D eigenvalue weighted by molar-refractivity contribution is 0.138. The second-order valence-electron chi connectivity index (χ2n) is 5.89. The Bertz CT molecular complexity index is 892. The van der Waals surface area contributed by atoms with Crippen molar-refractivity contribution in [2.24, 2.45) is 14.1 Å². The molecule has 0 N–H and O–H groups in total. The van der Waals surface area contributed by atoms with Crippen LogP contribution in [-0.4, -0.2) is 34.3 Å². The molecule has 0 radical (unpaired) electrons. The molecule has 1 aromatic heterocycles. The van der Waals surface area contributed by atoms with Gasteiger partial charge in [0.1, 0.15) is 0 Å². The van der Waals surface area contributed by atoms with Crippen LogP contribution in [0.5, 0.6) is 0 Å². The molecular formula is C18H22N4O3. The summed E-state index contributed by atoms with van der Waals surface area (Å²) in [4.78, 5) is 26.1. The van der Waals surface area contributed by atoms with E-state index in [1.54, 1.807) is 20.2 Å². The van der Waals surface area contributed by atoms with Crippen LogP contribution in [0.2, 0.25) is 0 Å². The van der Waals surface area contributed by atoms with Crippen LogP contribution < -0.4 is 11.2 Å². The number of ether oxygens (including phenoxy) is 1. The van der Waals surface area contributed by atoms with E-state index in [-0.39, 0.29) is 11.2 Å². The third-order valence-electron chi connectivity index (χ3n) is 4.08. The second-order valence-corrected chi connectivity index (χ2v) is 5.89. The van der Waals surface area contributed by atoms with Gasteiger partial charge in [-0.15, -0.1) is 0 Å². The van der Waals surface area contributed by atoms with Gasteiger partial charge in [-0.3, -0.25) is 18.8 Å². The first kappa shape index (κ1) is 18.6. The molecule has 2 rings (SSSR count). The van der Waals surface area contributed by atoms with Crippen molar-refractivity contribution >= 4 is 0 Å². The van der Waals surface area contributed by atoms with Crippen molar-refractivity contribution in [2.45, 2.75) is 13.1 Å². The lowest BCUT2D eigenvalue weighted by Crippen LogP contribution is -2.39. The van der Waals surface area contributed by atoms with Crippen molar-refractivity contribution in [3.63, 3.8) is 0 Å². The second kappa shape index (κ2) is 8.42. The molecule has 0 unspecified atom stereocenters. The molecule has 2 aromatic rings. The Morgan fingerprint density at radius 2 is 1.92 bits per heavy atom. The molecule has 0 fully saturated rings. The zero-order valence-electron chi connectivity index (χ0n) is 14.7. The van der Waals surface area contributed by atoms with E-state index in [9.17, 15) is 9.59 Å². The summed E-state index contributed by atoms with van der Waals surface area (Å²) in [5, 5.41) is 9.04. The van der Waals surface area contributed by atoms with Crippen LogP contribution in [0, 0.1) is 11.3 Å². The van der Waals surface area contributed by atoms with Crippen molar-refractivity contribution < 1.29 is 4.74 Å². The third kappa shape index (κ3) is 4.66. The quantitative estimate of drug-likeness (QED) is 0.736. The average molecular weight is 342 g/mol. The van der Waals surface area contributed by atoms with Crippen LogP contribution >= 0.6 is 0 Å². The van der Waals surface area contributed by atoms with Gasteiger partial charge in [0.25, 0.3) is 5.56 Å². The lowest BCUT2D eigenvalue weighted by Gasteiger charge is -2.23. The highest BCUT2D eigenvalue weighted by molar-refractivity contribution is 5.32. The first-order chi connectivity index (χ1) is 12.0. The highest BCUT2D eigenvalue weighted by Crippen LogP contribution is 2.10. The predicted octanol–water partition coefficient (Wildman–Crippen LogP) is 0.604. The van der Waals surface area contributed by atoms with Crippen molar-refractivity contribution in [2.75, 3.05) is 20.3 Å². The van der Waals surface area contributed by atoms with Gasteiger partial charge >= 0.3 is 5.69 Å². The summed E-state index contributed by atoms with van der Waals surface area (Å²) in [6.45, 7) is 2.18. The molecule has 0 aliphatic carbocycles. The van der Waals surface area contributed by atoms with E-state index < -0.39 is 0 Å². The van der Waals surface area contributed by atoms with E-state index in [4.69, 9.17) is 10.00 Å². The average Bonchev–Trinajstić information content (AvgIpc) is 2.62. The van der Waals surface area contributed by atoms with Gasteiger partial charge in [0, 0.05) is 52.6 Å². The van der Waals surface area contributed by atoms with Crippen LogP contribution in [0.3, 0.4) is 0 Å². The highest BCUT2D eigenvalue weighted by atomic mass is 16.5. The molecule has 0 saturated heterocycles. The maximum atomic E-state index is 12.1. The minimum atomic E-state index is -0.347. The van der Waals surface area contributed by atoms with Crippen molar-refractivity contribution in [3.05, 3.63) is 68.0 Å².